The van der Waals surface area contributed by atoms with Gasteiger partial charge in [0.1, 0.15) is 5.82 Å². The lowest BCUT2D eigenvalue weighted by molar-refractivity contribution is -0.139. The summed E-state index contributed by atoms with van der Waals surface area (Å²) in [5.74, 6) is -3.66. The first-order valence-corrected chi connectivity index (χ1v) is 11.5. The van der Waals surface area contributed by atoms with Crippen LogP contribution in [0.1, 0.15) is 27.4 Å². The lowest BCUT2D eigenvalue weighted by atomic mass is 9.97. The summed E-state index contributed by atoms with van der Waals surface area (Å²) >= 11 is 11.6. The largest absolute Gasteiger partial charge is 0.399 e. The van der Waals surface area contributed by atoms with E-state index in [0.29, 0.717) is 0 Å². The maximum absolute atomic E-state index is 14.4. The van der Waals surface area contributed by atoms with Gasteiger partial charge in [0.15, 0.2) is 0 Å². The number of carbonyl (C=O) groups excluding carboxylic acids is 1. The Labute approximate surface area is 187 Å². The van der Waals surface area contributed by atoms with Crippen LogP contribution in [0.25, 0.3) is 6.08 Å². The summed E-state index contributed by atoms with van der Waals surface area (Å²) < 4.78 is 73.7. The standard InChI is InChI=1S/C20H17Cl2F4NO3S/c21-13-6-12(7-14(22)8-13)17(20(24,25)26)4-2-11-1-3-16(18(23)5-11)19(28)27-15-9-31(29,30)10-15/h1-8,15,17,29-30H,9-10H2,(H,27,28). The van der Waals surface area contributed by atoms with E-state index in [-0.39, 0.29) is 38.2 Å². The lowest BCUT2D eigenvalue weighted by Gasteiger charge is -2.47. The lowest BCUT2D eigenvalue weighted by Crippen LogP contribution is -2.50. The summed E-state index contributed by atoms with van der Waals surface area (Å²) in [5.41, 5.74) is -0.340. The van der Waals surface area contributed by atoms with Crippen molar-refractivity contribution < 1.29 is 31.5 Å². The molecule has 1 atom stereocenters. The number of alkyl halides is 3. The van der Waals surface area contributed by atoms with Crippen LogP contribution >= 0.6 is 33.8 Å². The van der Waals surface area contributed by atoms with Crippen molar-refractivity contribution in [1.29, 1.82) is 0 Å². The minimum absolute atomic E-state index is 0.00747. The molecule has 0 saturated carbocycles. The minimum Gasteiger partial charge on any atom is -0.346 e. The first-order chi connectivity index (χ1) is 14.3. The number of benzene rings is 2. The highest BCUT2D eigenvalue weighted by Gasteiger charge is 2.39. The molecule has 3 rings (SSSR count). The molecule has 3 N–H and O–H groups in total. The molecule has 11 heteroatoms. The molecule has 31 heavy (non-hydrogen) atoms. The third kappa shape index (κ3) is 6.14. The van der Waals surface area contributed by atoms with Crippen molar-refractivity contribution in [3.8, 4) is 0 Å². The zero-order chi connectivity index (χ0) is 23.0. The number of rotatable bonds is 5. The van der Waals surface area contributed by atoms with Crippen LogP contribution in [0.3, 0.4) is 0 Å². The van der Waals surface area contributed by atoms with Gasteiger partial charge in [-0.15, -0.1) is 0 Å². The van der Waals surface area contributed by atoms with Crippen LogP contribution in [0.5, 0.6) is 0 Å². The van der Waals surface area contributed by atoms with E-state index in [9.17, 15) is 31.5 Å². The van der Waals surface area contributed by atoms with Gasteiger partial charge < -0.3 is 5.32 Å². The molecule has 0 aliphatic carbocycles. The topological polar surface area (TPSA) is 69.6 Å². The summed E-state index contributed by atoms with van der Waals surface area (Å²) in [6.07, 6.45) is -2.68. The molecule has 1 fully saturated rings. The van der Waals surface area contributed by atoms with Gasteiger partial charge in [0.25, 0.3) is 5.91 Å². The van der Waals surface area contributed by atoms with Gasteiger partial charge in [-0.05, 0) is 41.5 Å². The van der Waals surface area contributed by atoms with E-state index >= 15 is 0 Å². The quantitative estimate of drug-likeness (QED) is 0.421. The highest BCUT2D eigenvalue weighted by Crippen LogP contribution is 2.48. The SMILES string of the molecule is O=C(NC1CS(O)(O)C1)c1ccc(C=CC(c2cc(Cl)cc(Cl)c2)C(F)(F)F)cc1F. The Balaban J connectivity index is 1.77. The van der Waals surface area contributed by atoms with Crippen molar-refractivity contribution in [1.82, 2.24) is 5.32 Å². The summed E-state index contributed by atoms with van der Waals surface area (Å²) in [7, 11) is -2.66. The monoisotopic (exact) mass is 497 g/mol. The second-order valence-corrected chi connectivity index (χ2v) is 10.3. The summed E-state index contributed by atoms with van der Waals surface area (Å²) in [5, 5.41) is 2.59. The first-order valence-electron chi connectivity index (χ1n) is 8.89. The van der Waals surface area contributed by atoms with Gasteiger partial charge >= 0.3 is 6.18 Å². The molecule has 1 aliphatic heterocycles. The molecule has 1 amide bonds. The molecule has 2 aromatic rings. The van der Waals surface area contributed by atoms with Crippen LogP contribution in [0.4, 0.5) is 17.6 Å². The molecular weight excluding hydrogens is 481 g/mol. The van der Waals surface area contributed by atoms with E-state index in [0.717, 1.165) is 36.4 Å². The van der Waals surface area contributed by atoms with Crippen molar-refractivity contribution in [2.75, 3.05) is 11.5 Å². The van der Waals surface area contributed by atoms with E-state index < -0.39 is 40.5 Å². The average molecular weight is 498 g/mol. The van der Waals surface area contributed by atoms with Crippen molar-refractivity contribution in [3.05, 3.63) is 75.0 Å². The zero-order valence-corrected chi connectivity index (χ0v) is 18.0. The molecule has 1 saturated heterocycles. The number of carbonyl (C=O) groups is 1. The van der Waals surface area contributed by atoms with Crippen LogP contribution in [0, 0.1) is 5.82 Å². The molecule has 1 unspecified atom stereocenters. The average Bonchev–Trinajstić information content (AvgIpc) is 2.58. The Morgan fingerprint density at radius 3 is 2.26 bits per heavy atom. The second-order valence-electron chi connectivity index (χ2n) is 7.13. The highest BCUT2D eigenvalue weighted by molar-refractivity contribution is 8.25. The maximum atomic E-state index is 14.4. The van der Waals surface area contributed by atoms with E-state index in [1.807, 2.05) is 0 Å². The minimum atomic E-state index is -4.64. The molecule has 2 aromatic carbocycles. The molecule has 1 heterocycles. The van der Waals surface area contributed by atoms with Gasteiger partial charge in [0.2, 0.25) is 0 Å². The molecule has 0 radical (unpaired) electrons. The van der Waals surface area contributed by atoms with E-state index in [1.165, 1.54) is 12.1 Å². The van der Waals surface area contributed by atoms with Crippen LogP contribution in [0.2, 0.25) is 10.0 Å². The summed E-state index contributed by atoms with van der Waals surface area (Å²) in [6.45, 7) is 0. The van der Waals surface area contributed by atoms with Gasteiger partial charge in [0.05, 0.1) is 29.0 Å². The molecule has 4 nitrogen and oxygen atoms in total. The van der Waals surface area contributed by atoms with Crippen molar-refractivity contribution in [2.45, 2.75) is 18.1 Å². The van der Waals surface area contributed by atoms with Gasteiger partial charge in [-0.2, -0.15) is 23.8 Å². The molecule has 0 bridgehead atoms. The summed E-state index contributed by atoms with van der Waals surface area (Å²) in [4.78, 5) is 12.1. The predicted molar refractivity (Wildman–Crippen MR) is 115 cm³/mol. The fraction of sp³-hybridized carbons (Fsp3) is 0.250. The Hall–Kier alpha value is -1.78. The van der Waals surface area contributed by atoms with Gasteiger partial charge in [-0.25, -0.2) is 4.39 Å². The van der Waals surface area contributed by atoms with E-state index in [1.54, 1.807) is 0 Å². The Morgan fingerprint density at radius 1 is 1.13 bits per heavy atom. The number of amides is 1. The Morgan fingerprint density at radius 2 is 1.74 bits per heavy atom. The fourth-order valence-electron chi connectivity index (χ4n) is 3.13. The normalized spacial score (nSPS) is 18.5. The van der Waals surface area contributed by atoms with Gasteiger partial charge in [-0.1, -0.05) is 41.4 Å². The zero-order valence-electron chi connectivity index (χ0n) is 15.7. The molecule has 168 valence electrons. The van der Waals surface area contributed by atoms with Gasteiger partial charge in [-0.3, -0.25) is 13.9 Å². The van der Waals surface area contributed by atoms with Crippen molar-refractivity contribution in [3.63, 3.8) is 0 Å². The smallest absolute Gasteiger partial charge is 0.346 e. The van der Waals surface area contributed by atoms with E-state index in [4.69, 9.17) is 23.2 Å². The predicted octanol–water partition coefficient (Wildman–Crippen LogP) is 6.35. The maximum Gasteiger partial charge on any atom is 0.399 e. The number of allylic oxidation sites excluding steroid dienone is 1. The number of halogens is 6. The van der Waals surface area contributed by atoms with Crippen LogP contribution in [0.15, 0.2) is 42.5 Å². The Kier molecular flexibility index (Phi) is 6.93. The number of nitrogens with one attached hydrogen (secondary N) is 1. The highest BCUT2D eigenvalue weighted by atomic mass is 35.5. The Bertz CT molecular complexity index is 1000. The van der Waals surface area contributed by atoms with Crippen LogP contribution < -0.4 is 5.32 Å². The first kappa shape index (κ1) is 23.9. The van der Waals surface area contributed by atoms with Crippen LogP contribution in [-0.4, -0.2) is 38.7 Å². The van der Waals surface area contributed by atoms with Crippen molar-refractivity contribution >= 4 is 45.8 Å². The second kappa shape index (κ2) is 8.99. The molecule has 1 aliphatic rings. The van der Waals surface area contributed by atoms with Crippen LogP contribution in [-0.2, 0) is 0 Å². The molecule has 0 spiro atoms. The third-order valence-electron chi connectivity index (χ3n) is 4.59. The van der Waals surface area contributed by atoms with Gasteiger partial charge in [0, 0.05) is 10.0 Å². The third-order valence-corrected chi connectivity index (χ3v) is 6.90. The number of hydrogen-bond acceptors (Lipinski definition) is 3. The van der Waals surface area contributed by atoms with E-state index in [2.05, 4.69) is 5.32 Å². The molecular formula is C20H17Cl2F4NO3S. The number of hydrogen-bond donors (Lipinski definition) is 3. The fourth-order valence-corrected chi connectivity index (χ4v) is 5.03. The molecule has 0 aromatic heterocycles. The summed E-state index contributed by atoms with van der Waals surface area (Å²) in [6, 6.07) is 6.56. The van der Waals surface area contributed by atoms with Crippen molar-refractivity contribution in [2.24, 2.45) is 0 Å².